The van der Waals surface area contributed by atoms with Gasteiger partial charge in [-0.05, 0) is 17.2 Å². The van der Waals surface area contributed by atoms with Crippen LogP contribution in [-0.2, 0) is 16.0 Å². The van der Waals surface area contributed by atoms with E-state index in [-0.39, 0.29) is 18.0 Å². The Morgan fingerprint density at radius 2 is 1.87 bits per heavy atom. The highest BCUT2D eigenvalue weighted by Gasteiger charge is 2.18. The number of allylic oxidation sites excluding steroid dienone is 4. The normalized spacial score (nSPS) is 16.6. The molecule has 156 valence electrons. The molecule has 2 aromatic heterocycles. The fourth-order valence-corrected chi connectivity index (χ4v) is 3.91. The molecule has 0 bridgehead atoms. The molecule has 5 rings (SSSR count). The lowest BCUT2D eigenvalue weighted by atomic mass is 9.97. The van der Waals surface area contributed by atoms with Gasteiger partial charge in [0.15, 0.2) is 17.2 Å². The van der Waals surface area contributed by atoms with Crippen LogP contribution in [0.1, 0.15) is 28.0 Å². The number of anilines is 1. The van der Waals surface area contributed by atoms with Gasteiger partial charge in [0, 0.05) is 37.2 Å². The van der Waals surface area contributed by atoms with Crippen LogP contribution in [0.3, 0.4) is 0 Å². The average Bonchev–Trinajstić information content (AvgIpc) is 3.28. The Kier molecular flexibility index (Phi) is 5.18. The third-order valence-corrected chi connectivity index (χ3v) is 5.58. The fraction of sp³-hybridized carbons (Fsp3) is 0.250. The summed E-state index contributed by atoms with van der Waals surface area (Å²) in [6.07, 6.45) is 7.69. The Labute approximate surface area is 179 Å². The van der Waals surface area contributed by atoms with Gasteiger partial charge in [0.1, 0.15) is 5.82 Å². The number of nitrogens with zero attached hydrogens (tertiary/aromatic N) is 4. The first-order valence-corrected chi connectivity index (χ1v) is 10.4. The molecule has 1 fully saturated rings. The molecule has 0 saturated carbocycles. The number of ketones is 2. The Hall–Kier alpha value is -3.58. The molecule has 1 saturated heterocycles. The molecule has 0 radical (unpaired) electrons. The standard InChI is InChI=1S/C24H22N4O3/c29-21-7-5-18(6-8-21)17-1-3-19(4-2-17)22(30)15-20-16-24(27-11-13-31-14-12-27)28-23(26-20)9-10-25-28/h1-7,9-10,16H,8,11-15H2. The van der Waals surface area contributed by atoms with E-state index in [4.69, 9.17) is 4.74 Å². The van der Waals surface area contributed by atoms with Gasteiger partial charge in [0.05, 0.1) is 31.5 Å². The molecular formula is C24H22N4O3. The van der Waals surface area contributed by atoms with Crippen molar-refractivity contribution in [3.05, 3.63) is 77.6 Å². The van der Waals surface area contributed by atoms with Crippen LogP contribution in [0.5, 0.6) is 0 Å². The number of hydrogen-bond donors (Lipinski definition) is 0. The highest BCUT2D eigenvalue weighted by Crippen LogP contribution is 2.22. The van der Waals surface area contributed by atoms with Gasteiger partial charge in [-0.25, -0.2) is 4.98 Å². The van der Waals surface area contributed by atoms with Crippen molar-refractivity contribution in [1.29, 1.82) is 0 Å². The lowest BCUT2D eigenvalue weighted by molar-refractivity contribution is -0.113. The predicted molar refractivity (Wildman–Crippen MR) is 117 cm³/mol. The van der Waals surface area contributed by atoms with Crippen molar-refractivity contribution < 1.29 is 14.3 Å². The van der Waals surface area contributed by atoms with Gasteiger partial charge in [0.25, 0.3) is 0 Å². The molecule has 0 atom stereocenters. The second-order valence-electron chi connectivity index (χ2n) is 7.65. The number of carbonyl (C=O) groups excluding carboxylic acids is 2. The van der Waals surface area contributed by atoms with E-state index < -0.39 is 0 Å². The quantitative estimate of drug-likeness (QED) is 0.598. The van der Waals surface area contributed by atoms with Crippen molar-refractivity contribution in [3.63, 3.8) is 0 Å². The Balaban J connectivity index is 1.36. The second-order valence-corrected chi connectivity index (χ2v) is 7.65. The van der Waals surface area contributed by atoms with Crippen LogP contribution in [-0.4, -0.2) is 52.5 Å². The summed E-state index contributed by atoms with van der Waals surface area (Å²) in [5.74, 6) is 1.05. The van der Waals surface area contributed by atoms with E-state index in [1.807, 2.05) is 53.1 Å². The van der Waals surface area contributed by atoms with E-state index in [0.29, 0.717) is 25.2 Å². The van der Waals surface area contributed by atoms with Crippen molar-refractivity contribution in [1.82, 2.24) is 14.6 Å². The van der Waals surface area contributed by atoms with Gasteiger partial charge in [0.2, 0.25) is 0 Å². The number of fused-ring (bicyclic) bond motifs is 1. The summed E-state index contributed by atoms with van der Waals surface area (Å²) in [6, 6.07) is 11.3. The SMILES string of the molecule is O=C1C=CC(c2ccc(C(=O)Cc3cc(N4CCOCC4)n4nccc4n3)cc2)=CC1. The number of Topliss-reactive ketones (excluding diaryl/α,β-unsaturated/α-hetero) is 1. The molecular weight excluding hydrogens is 392 g/mol. The summed E-state index contributed by atoms with van der Waals surface area (Å²) in [5, 5.41) is 4.39. The van der Waals surface area contributed by atoms with Crippen LogP contribution >= 0.6 is 0 Å². The average molecular weight is 414 g/mol. The number of rotatable bonds is 5. The molecule has 7 heteroatoms. The molecule has 0 amide bonds. The molecule has 0 spiro atoms. The van der Waals surface area contributed by atoms with Gasteiger partial charge >= 0.3 is 0 Å². The van der Waals surface area contributed by atoms with Crippen LogP contribution in [0.4, 0.5) is 5.82 Å². The minimum atomic E-state index is 0.0131. The maximum absolute atomic E-state index is 12.9. The Morgan fingerprint density at radius 1 is 1.06 bits per heavy atom. The highest BCUT2D eigenvalue weighted by molar-refractivity contribution is 5.99. The molecule has 7 nitrogen and oxygen atoms in total. The molecule has 1 aromatic carbocycles. The van der Waals surface area contributed by atoms with Crippen LogP contribution < -0.4 is 4.90 Å². The maximum Gasteiger partial charge on any atom is 0.168 e. The third kappa shape index (κ3) is 4.04. The number of ether oxygens (including phenoxy) is 1. The minimum Gasteiger partial charge on any atom is -0.378 e. The smallest absolute Gasteiger partial charge is 0.168 e. The lowest BCUT2D eigenvalue weighted by Gasteiger charge is -2.29. The van der Waals surface area contributed by atoms with Gasteiger partial charge in [-0.15, -0.1) is 0 Å². The van der Waals surface area contributed by atoms with Gasteiger partial charge < -0.3 is 9.64 Å². The van der Waals surface area contributed by atoms with E-state index >= 15 is 0 Å². The van der Waals surface area contributed by atoms with Gasteiger partial charge in [-0.2, -0.15) is 9.61 Å². The number of morpholine rings is 1. The molecule has 0 unspecified atom stereocenters. The summed E-state index contributed by atoms with van der Waals surface area (Å²) in [6.45, 7) is 2.91. The van der Waals surface area contributed by atoms with E-state index in [0.717, 1.165) is 41.4 Å². The first-order valence-electron chi connectivity index (χ1n) is 10.4. The van der Waals surface area contributed by atoms with Crippen molar-refractivity contribution in [2.75, 3.05) is 31.2 Å². The lowest BCUT2D eigenvalue weighted by Crippen LogP contribution is -2.37. The number of hydrogen-bond acceptors (Lipinski definition) is 6. The minimum absolute atomic E-state index is 0.0131. The molecule has 0 N–H and O–H groups in total. The molecule has 2 aliphatic rings. The van der Waals surface area contributed by atoms with Crippen molar-refractivity contribution in [2.24, 2.45) is 0 Å². The number of benzene rings is 1. The van der Waals surface area contributed by atoms with Crippen LogP contribution in [0.15, 0.2) is 60.8 Å². The van der Waals surface area contributed by atoms with Crippen molar-refractivity contribution in [2.45, 2.75) is 12.8 Å². The van der Waals surface area contributed by atoms with Gasteiger partial charge in [-0.3, -0.25) is 9.59 Å². The highest BCUT2D eigenvalue weighted by atomic mass is 16.5. The first-order chi connectivity index (χ1) is 15.2. The summed E-state index contributed by atoms with van der Waals surface area (Å²) in [7, 11) is 0. The predicted octanol–water partition coefficient (Wildman–Crippen LogP) is 2.90. The van der Waals surface area contributed by atoms with Crippen molar-refractivity contribution in [3.8, 4) is 0 Å². The van der Waals surface area contributed by atoms with Crippen LogP contribution in [0, 0.1) is 0 Å². The van der Waals surface area contributed by atoms with Crippen molar-refractivity contribution >= 4 is 28.6 Å². The van der Waals surface area contributed by atoms with E-state index in [9.17, 15) is 9.59 Å². The molecule has 1 aliphatic carbocycles. The zero-order valence-corrected chi connectivity index (χ0v) is 17.0. The monoisotopic (exact) mass is 414 g/mol. The van der Waals surface area contributed by atoms with Crippen LogP contribution in [0.2, 0.25) is 0 Å². The topological polar surface area (TPSA) is 76.8 Å². The molecule has 31 heavy (non-hydrogen) atoms. The maximum atomic E-state index is 12.9. The van der Waals surface area contributed by atoms with E-state index in [2.05, 4.69) is 15.0 Å². The summed E-state index contributed by atoms with van der Waals surface area (Å²) < 4.78 is 7.27. The Bertz CT molecular complexity index is 1200. The third-order valence-electron chi connectivity index (χ3n) is 5.58. The van der Waals surface area contributed by atoms with Gasteiger partial charge in [-0.1, -0.05) is 36.4 Å². The zero-order valence-electron chi connectivity index (χ0n) is 17.0. The largest absolute Gasteiger partial charge is 0.378 e. The molecule has 3 aromatic rings. The first kappa shape index (κ1) is 19.4. The fourth-order valence-electron chi connectivity index (χ4n) is 3.91. The second kappa shape index (κ2) is 8.28. The van der Waals surface area contributed by atoms with E-state index in [1.54, 1.807) is 12.3 Å². The molecule has 3 heterocycles. The number of carbonyl (C=O) groups is 2. The van der Waals surface area contributed by atoms with E-state index in [1.165, 1.54) is 0 Å². The molecule has 1 aliphatic heterocycles. The number of aromatic nitrogens is 3. The summed E-state index contributed by atoms with van der Waals surface area (Å²) in [5.41, 5.74) is 4.09. The van der Waals surface area contributed by atoms with Crippen LogP contribution in [0.25, 0.3) is 11.2 Å². The zero-order chi connectivity index (χ0) is 21.2. The summed E-state index contributed by atoms with van der Waals surface area (Å²) >= 11 is 0. The Morgan fingerprint density at radius 3 is 2.61 bits per heavy atom. The summed E-state index contributed by atoms with van der Waals surface area (Å²) in [4.78, 5) is 31.1.